The van der Waals surface area contributed by atoms with Crippen LogP contribution >= 0.6 is 15.9 Å². The van der Waals surface area contributed by atoms with Gasteiger partial charge in [0.15, 0.2) is 0 Å². The van der Waals surface area contributed by atoms with E-state index in [1.807, 2.05) is 0 Å². The molecule has 5 nitrogen and oxygen atoms in total. The van der Waals surface area contributed by atoms with E-state index in [0.29, 0.717) is 22.9 Å². The highest BCUT2D eigenvalue weighted by molar-refractivity contribution is 9.09. The normalized spacial score (nSPS) is 22.2. The summed E-state index contributed by atoms with van der Waals surface area (Å²) in [4.78, 5) is 22.5. The third-order valence-corrected chi connectivity index (χ3v) is 4.62. The van der Waals surface area contributed by atoms with Crippen LogP contribution in [0.25, 0.3) is 0 Å². The molecule has 1 aliphatic rings. The zero-order valence-corrected chi connectivity index (χ0v) is 11.9. The number of nitrogens with one attached hydrogen (secondary N) is 1. The van der Waals surface area contributed by atoms with E-state index in [1.165, 1.54) is 24.6 Å². The third-order valence-electron chi connectivity index (χ3n) is 3.41. The first-order chi connectivity index (χ1) is 9.08. The molecule has 6 heteroatoms. The summed E-state index contributed by atoms with van der Waals surface area (Å²) in [5.41, 5.74) is 0.269. The minimum Gasteiger partial charge on any atom is -0.352 e. The fourth-order valence-corrected chi connectivity index (χ4v) is 3.08. The van der Waals surface area contributed by atoms with E-state index >= 15 is 0 Å². The molecular formula is C13H15BrN2O3. The summed E-state index contributed by atoms with van der Waals surface area (Å²) < 4.78 is 0. The maximum absolute atomic E-state index is 11.9. The average molecular weight is 327 g/mol. The predicted molar refractivity (Wildman–Crippen MR) is 75.5 cm³/mol. The lowest BCUT2D eigenvalue weighted by Crippen LogP contribution is -2.30. The van der Waals surface area contributed by atoms with E-state index in [2.05, 4.69) is 21.2 Å². The fraction of sp³-hybridized carbons (Fsp3) is 0.462. The first-order valence-electron chi connectivity index (χ1n) is 6.24. The highest BCUT2D eigenvalue weighted by atomic mass is 79.9. The van der Waals surface area contributed by atoms with Gasteiger partial charge in [-0.3, -0.25) is 14.9 Å². The molecule has 102 valence electrons. The van der Waals surface area contributed by atoms with Crippen LogP contribution in [0.5, 0.6) is 0 Å². The Morgan fingerprint density at radius 1 is 1.47 bits per heavy atom. The maximum Gasteiger partial charge on any atom is 0.270 e. The van der Waals surface area contributed by atoms with Gasteiger partial charge in [-0.1, -0.05) is 28.4 Å². The third kappa shape index (κ3) is 3.53. The van der Waals surface area contributed by atoms with Crippen LogP contribution in [0, 0.1) is 16.0 Å². The van der Waals surface area contributed by atoms with E-state index in [4.69, 9.17) is 0 Å². The van der Waals surface area contributed by atoms with Crippen LogP contribution in [0.1, 0.15) is 29.6 Å². The Balaban J connectivity index is 1.96. The number of carbonyl (C=O) groups excluding carboxylic acids is 1. The number of nitro groups is 1. The monoisotopic (exact) mass is 326 g/mol. The van der Waals surface area contributed by atoms with Crippen molar-refractivity contribution in [3.8, 4) is 0 Å². The number of carbonyl (C=O) groups is 1. The van der Waals surface area contributed by atoms with Gasteiger partial charge in [-0.15, -0.1) is 0 Å². The van der Waals surface area contributed by atoms with Crippen molar-refractivity contribution in [2.24, 2.45) is 5.92 Å². The van der Waals surface area contributed by atoms with Crippen molar-refractivity contribution in [1.29, 1.82) is 0 Å². The smallest absolute Gasteiger partial charge is 0.270 e. The van der Waals surface area contributed by atoms with Gasteiger partial charge in [0.25, 0.3) is 11.6 Å². The zero-order valence-electron chi connectivity index (χ0n) is 10.3. The number of hydrogen-bond acceptors (Lipinski definition) is 3. The summed E-state index contributed by atoms with van der Waals surface area (Å²) in [6, 6.07) is 5.79. The Kier molecular flexibility index (Phi) is 4.52. The Bertz CT molecular complexity index is 493. The molecule has 0 bridgehead atoms. The summed E-state index contributed by atoms with van der Waals surface area (Å²) in [5.74, 6) is 0.193. The van der Waals surface area contributed by atoms with Crippen LogP contribution in [0.3, 0.4) is 0 Å². The number of hydrogen-bond donors (Lipinski definition) is 1. The molecule has 1 amide bonds. The topological polar surface area (TPSA) is 72.2 Å². The van der Waals surface area contributed by atoms with Crippen molar-refractivity contribution in [1.82, 2.24) is 5.32 Å². The number of alkyl halides is 1. The minimum absolute atomic E-state index is 0.0631. The molecule has 0 aromatic heterocycles. The van der Waals surface area contributed by atoms with Gasteiger partial charge in [0.05, 0.1) is 4.92 Å². The van der Waals surface area contributed by atoms with E-state index < -0.39 is 4.92 Å². The Labute approximate surface area is 119 Å². The van der Waals surface area contributed by atoms with Gasteiger partial charge in [-0.25, -0.2) is 0 Å². The van der Waals surface area contributed by atoms with Crippen LogP contribution in [0.15, 0.2) is 24.3 Å². The van der Waals surface area contributed by atoms with Gasteiger partial charge in [0, 0.05) is 29.1 Å². The molecular weight excluding hydrogens is 312 g/mol. The van der Waals surface area contributed by atoms with Gasteiger partial charge >= 0.3 is 0 Å². The largest absolute Gasteiger partial charge is 0.352 e. The van der Waals surface area contributed by atoms with E-state index in [1.54, 1.807) is 6.07 Å². The molecule has 0 spiro atoms. The van der Waals surface area contributed by atoms with Crippen molar-refractivity contribution >= 4 is 27.5 Å². The van der Waals surface area contributed by atoms with E-state index in [-0.39, 0.29) is 11.6 Å². The number of non-ortho nitro benzene ring substituents is 1. The number of nitro benzene ring substituents is 1. The summed E-state index contributed by atoms with van der Waals surface area (Å²) in [7, 11) is 0. The molecule has 1 fully saturated rings. The molecule has 2 rings (SSSR count). The second kappa shape index (κ2) is 6.14. The molecule has 0 radical (unpaired) electrons. The van der Waals surface area contributed by atoms with Crippen molar-refractivity contribution in [3.63, 3.8) is 0 Å². The van der Waals surface area contributed by atoms with Crippen molar-refractivity contribution in [2.45, 2.75) is 24.1 Å². The van der Waals surface area contributed by atoms with E-state index in [0.717, 1.165) is 12.8 Å². The summed E-state index contributed by atoms with van der Waals surface area (Å²) in [5, 5.41) is 13.5. The lowest BCUT2D eigenvalue weighted by atomic mass is 10.1. The SMILES string of the molecule is O=C(NCC1CCCC1Br)c1cccc([N+](=O)[O-])c1. The average Bonchev–Trinajstić information content (AvgIpc) is 2.81. The number of rotatable bonds is 4. The van der Waals surface area contributed by atoms with Gasteiger partial charge in [-0.2, -0.15) is 0 Å². The number of benzene rings is 1. The maximum atomic E-state index is 11.9. The zero-order chi connectivity index (χ0) is 13.8. The molecule has 19 heavy (non-hydrogen) atoms. The number of nitrogens with zero attached hydrogens (tertiary/aromatic N) is 1. The predicted octanol–water partition coefficient (Wildman–Crippen LogP) is 2.89. The van der Waals surface area contributed by atoms with Crippen LogP contribution in [0.2, 0.25) is 0 Å². The second-order valence-corrected chi connectivity index (χ2v) is 5.90. The van der Waals surface area contributed by atoms with Crippen molar-refractivity contribution < 1.29 is 9.72 Å². The Morgan fingerprint density at radius 2 is 2.26 bits per heavy atom. The molecule has 1 aliphatic carbocycles. The molecule has 1 aromatic rings. The highest BCUT2D eigenvalue weighted by Gasteiger charge is 2.25. The van der Waals surface area contributed by atoms with Crippen LogP contribution < -0.4 is 5.32 Å². The minimum atomic E-state index is -0.498. The van der Waals surface area contributed by atoms with Crippen LogP contribution in [-0.4, -0.2) is 22.2 Å². The highest BCUT2D eigenvalue weighted by Crippen LogP contribution is 2.30. The molecule has 2 unspecified atom stereocenters. The number of amides is 1. The molecule has 1 aromatic carbocycles. The quantitative estimate of drug-likeness (QED) is 0.525. The van der Waals surface area contributed by atoms with E-state index in [9.17, 15) is 14.9 Å². The molecule has 0 saturated heterocycles. The molecule has 1 saturated carbocycles. The first-order valence-corrected chi connectivity index (χ1v) is 7.16. The summed E-state index contributed by atoms with van der Waals surface area (Å²) in [6.45, 7) is 0.609. The van der Waals surface area contributed by atoms with Gasteiger partial charge in [0.1, 0.15) is 0 Å². The molecule has 0 heterocycles. The lowest BCUT2D eigenvalue weighted by Gasteiger charge is -2.14. The fourth-order valence-electron chi connectivity index (χ4n) is 2.31. The van der Waals surface area contributed by atoms with Crippen molar-refractivity contribution in [2.75, 3.05) is 6.54 Å². The standard InChI is InChI=1S/C13H15BrN2O3/c14-12-6-2-4-10(12)8-15-13(17)9-3-1-5-11(7-9)16(18)19/h1,3,5,7,10,12H,2,4,6,8H2,(H,15,17). The first kappa shape index (κ1) is 14.0. The summed E-state index contributed by atoms with van der Waals surface area (Å²) >= 11 is 3.60. The summed E-state index contributed by atoms with van der Waals surface area (Å²) in [6.07, 6.45) is 3.41. The lowest BCUT2D eigenvalue weighted by molar-refractivity contribution is -0.384. The van der Waals surface area contributed by atoms with Crippen molar-refractivity contribution in [3.05, 3.63) is 39.9 Å². The van der Waals surface area contributed by atoms with Gasteiger partial charge in [-0.05, 0) is 24.8 Å². The van der Waals surface area contributed by atoms with Gasteiger partial charge < -0.3 is 5.32 Å². The van der Waals surface area contributed by atoms with Crippen LogP contribution in [-0.2, 0) is 0 Å². The molecule has 0 aliphatic heterocycles. The van der Waals surface area contributed by atoms with Gasteiger partial charge in [0.2, 0.25) is 0 Å². The van der Waals surface area contributed by atoms with Crippen LogP contribution in [0.4, 0.5) is 5.69 Å². The molecule has 2 atom stereocenters. The molecule has 1 N–H and O–H groups in total. The second-order valence-electron chi connectivity index (χ2n) is 4.72. The Morgan fingerprint density at radius 3 is 2.89 bits per heavy atom. The number of halogens is 1. The Hall–Kier alpha value is -1.43.